The molecule has 0 fully saturated rings. The van der Waals surface area contributed by atoms with E-state index in [2.05, 4.69) is 53.2 Å². The molecule has 1 aromatic rings. The fourth-order valence-electron chi connectivity index (χ4n) is 0.977. The van der Waals surface area contributed by atoms with Gasteiger partial charge in [0.1, 0.15) is 4.83 Å². The minimum atomic E-state index is -0.0693. The Morgan fingerprint density at radius 2 is 2.00 bits per heavy atom. The molecule has 1 atom stereocenters. The average Bonchev–Trinajstić information content (AvgIpc) is 2.09. The Hall–Kier alpha value is -0.810. The molecular weight excluding hydrogens is 214 g/mol. The van der Waals surface area contributed by atoms with E-state index in [4.69, 9.17) is 5.26 Å². The second-order valence-electron chi connectivity index (χ2n) is 2.79. The highest BCUT2D eigenvalue weighted by atomic mass is 79.9. The lowest BCUT2D eigenvalue weighted by atomic mass is 10.1. The Morgan fingerprint density at radius 3 is 2.50 bits per heavy atom. The van der Waals surface area contributed by atoms with Gasteiger partial charge >= 0.3 is 0 Å². The van der Waals surface area contributed by atoms with E-state index in [1.54, 1.807) is 0 Å². The van der Waals surface area contributed by atoms with Crippen molar-refractivity contribution in [3.05, 3.63) is 35.4 Å². The van der Waals surface area contributed by atoms with Crippen molar-refractivity contribution in [2.45, 2.75) is 18.2 Å². The third-order valence-corrected chi connectivity index (χ3v) is 2.20. The smallest absolute Gasteiger partial charge is 0.105 e. The number of nitrogens with zero attached hydrogens (tertiary/aromatic N) is 1. The van der Waals surface area contributed by atoms with E-state index < -0.39 is 0 Å². The van der Waals surface area contributed by atoms with Crippen LogP contribution in [0.15, 0.2) is 24.3 Å². The quantitative estimate of drug-likeness (QED) is 0.708. The maximum absolute atomic E-state index is 8.55. The first-order valence-electron chi connectivity index (χ1n) is 3.81. The maximum atomic E-state index is 8.55. The number of aryl methyl sites for hydroxylation is 1. The highest BCUT2D eigenvalue weighted by molar-refractivity contribution is 9.09. The average molecular weight is 224 g/mol. The van der Waals surface area contributed by atoms with Crippen molar-refractivity contribution in [2.24, 2.45) is 0 Å². The molecule has 0 aromatic heterocycles. The Kier molecular flexibility index (Phi) is 3.31. The van der Waals surface area contributed by atoms with Crippen LogP contribution in [0.2, 0.25) is 0 Å². The van der Waals surface area contributed by atoms with Crippen molar-refractivity contribution >= 4 is 15.9 Å². The molecule has 62 valence electrons. The number of halogens is 1. The molecule has 1 unspecified atom stereocenters. The van der Waals surface area contributed by atoms with Crippen LogP contribution in [0.5, 0.6) is 0 Å². The number of hydrogen-bond donors (Lipinski definition) is 0. The summed E-state index contributed by atoms with van der Waals surface area (Å²) in [5.41, 5.74) is 2.45. The van der Waals surface area contributed by atoms with Crippen LogP contribution in [-0.4, -0.2) is 4.83 Å². The van der Waals surface area contributed by atoms with Gasteiger partial charge in [-0.2, -0.15) is 5.26 Å². The molecule has 0 aliphatic heterocycles. The molecule has 0 spiro atoms. The Balaban J connectivity index is 2.66. The van der Waals surface area contributed by atoms with Crippen LogP contribution in [0.3, 0.4) is 0 Å². The first-order chi connectivity index (χ1) is 5.72. The van der Waals surface area contributed by atoms with Gasteiger partial charge in [0.15, 0.2) is 0 Å². The zero-order chi connectivity index (χ0) is 8.97. The van der Waals surface area contributed by atoms with Crippen LogP contribution in [-0.2, 0) is 6.42 Å². The molecule has 1 aromatic carbocycles. The van der Waals surface area contributed by atoms with E-state index in [-0.39, 0.29) is 4.83 Å². The van der Waals surface area contributed by atoms with Gasteiger partial charge in [-0.1, -0.05) is 45.8 Å². The van der Waals surface area contributed by atoms with Crippen molar-refractivity contribution in [1.82, 2.24) is 0 Å². The van der Waals surface area contributed by atoms with Crippen molar-refractivity contribution in [3.8, 4) is 6.07 Å². The zero-order valence-electron chi connectivity index (χ0n) is 6.92. The molecule has 0 N–H and O–H groups in total. The normalized spacial score (nSPS) is 12.1. The summed E-state index contributed by atoms with van der Waals surface area (Å²) < 4.78 is 0. The van der Waals surface area contributed by atoms with E-state index >= 15 is 0 Å². The van der Waals surface area contributed by atoms with Crippen molar-refractivity contribution in [2.75, 3.05) is 0 Å². The number of alkyl halides is 1. The van der Waals surface area contributed by atoms with Gasteiger partial charge in [-0.3, -0.25) is 0 Å². The Bertz CT molecular complexity index is 284. The molecule has 0 aliphatic carbocycles. The summed E-state index contributed by atoms with van der Waals surface area (Å²) in [6, 6.07) is 10.4. The zero-order valence-corrected chi connectivity index (χ0v) is 8.51. The third-order valence-electron chi connectivity index (χ3n) is 1.68. The van der Waals surface area contributed by atoms with E-state index in [9.17, 15) is 0 Å². The molecule has 0 saturated heterocycles. The Labute approximate surface area is 81.2 Å². The van der Waals surface area contributed by atoms with Crippen molar-refractivity contribution in [1.29, 1.82) is 5.26 Å². The van der Waals surface area contributed by atoms with Gasteiger partial charge in [0.2, 0.25) is 0 Å². The summed E-state index contributed by atoms with van der Waals surface area (Å²) in [6.07, 6.45) is 0.775. The van der Waals surface area contributed by atoms with Crippen LogP contribution in [0, 0.1) is 18.3 Å². The van der Waals surface area contributed by atoms with E-state index in [0.717, 1.165) is 6.42 Å². The van der Waals surface area contributed by atoms with E-state index in [0.29, 0.717) is 0 Å². The molecule has 0 amide bonds. The largest absolute Gasteiger partial charge is 0.197 e. The van der Waals surface area contributed by atoms with Gasteiger partial charge in [0.25, 0.3) is 0 Å². The number of hydrogen-bond acceptors (Lipinski definition) is 1. The topological polar surface area (TPSA) is 23.8 Å². The molecular formula is C10H10BrN. The van der Waals surface area contributed by atoms with Gasteiger partial charge in [-0.15, -0.1) is 0 Å². The maximum Gasteiger partial charge on any atom is 0.105 e. The number of nitriles is 1. The summed E-state index contributed by atoms with van der Waals surface area (Å²) >= 11 is 3.27. The van der Waals surface area contributed by atoms with Crippen molar-refractivity contribution in [3.63, 3.8) is 0 Å². The summed E-state index contributed by atoms with van der Waals surface area (Å²) in [5.74, 6) is 0. The fourth-order valence-corrected chi connectivity index (χ4v) is 1.35. The van der Waals surface area contributed by atoms with Gasteiger partial charge < -0.3 is 0 Å². The van der Waals surface area contributed by atoms with Gasteiger partial charge in [-0.25, -0.2) is 0 Å². The number of rotatable bonds is 2. The molecule has 12 heavy (non-hydrogen) atoms. The molecule has 0 radical (unpaired) electrons. The SMILES string of the molecule is Cc1ccc(CC(Br)C#N)cc1. The Morgan fingerprint density at radius 1 is 1.42 bits per heavy atom. The lowest BCUT2D eigenvalue weighted by Crippen LogP contribution is -1.98. The molecule has 2 heteroatoms. The fraction of sp³-hybridized carbons (Fsp3) is 0.300. The summed E-state index contributed by atoms with van der Waals surface area (Å²) in [4.78, 5) is -0.0693. The van der Waals surface area contributed by atoms with Crippen LogP contribution in [0.25, 0.3) is 0 Å². The van der Waals surface area contributed by atoms with Gasteiger partial charge in [0, 0.05) is 0 Å². The molecule has 0 saturated carbocycles. The van der Waals surface area contributed by atoms with Gasteiger partial charge in [-0.05, 0) is 18.9 Å². The standard InChI is InChI=1S/C10H10BrN/c1-8-2-4-9(5-3-8)6-10(11)7-12/h2-5,10H,6H2,1H3. The second kappa shape index (κ2) is 4.27. The number of benzene rings is 1. The molecule has 1 nitrogen and oxygen atoms in total. The van der Waals surface area contributed by atoms with Gasteiger partial charge in [0.05, 0.1) is 6.07 Å². The van der Waals surface area contributed by atoms with Crippen molar-refractivity contribution < 1.29 is 0 Å². The predicted octanol–water partition coefficient (Wildman–Crippen LogP) is 2.82. The molecule has 0 heterocycles. The molecule has 0 bridgehead atoms. The minimum Gasteiger partial charge on any atom is -0.197 e. The molecule has 0 aliphatic rings. The monoisotopic (exact) mass is 223 g/mol. The lowest BCUT2D eigenvalue weighted by molar-refractivity contribution is 1.04. The van der Waals surface area contributed by atoms with Crippen LogP contribution < -0.4 is 0 Å². The van der Waals surface area contributed by atoms with Crippen LogP contribution in [0.1, 0.15) is 11.1 Å². The van der Waals surface area contributed by atoms with E-state index in [1.807, 2.05) is 0 Å². The highest BCUT2D eigenvalue weighted by Crippen LogP contribution is 2.10. The predicted molar refractivity (Wildman–Crippen MR) is 53.2 cm³/mol. The summed E-state index contributed by atoms with van der Waals surface area (Å²) in [6.45, 7) is 2.06. The summed E-state index contributed by atoms with van der Waals surface area (Å²) in [5, 5.41) is 8.55. The second-order valence-corrected chi connectivity index (χ2v) is 3.89. The molecule has 1 rings (SSSR count). The minimum absolute atomic E-state index is 0.0693. The lowest BCUT2D eigenvalue weighted by Gasteiger charge is -2.01. The van der Waals surface area contributed by atoms with Crippen LogP contribution >= 0.6 is 15.9 Å². The first-order valence-corrected chi connectivity index (χ1v) is 4.73. The summed E-state index contributed by atoms with van der Waals surface area (Å²) in [7, 11) is 0. The highest BCUT2D eigenvalue weighted by Gasteiger charge is 2.01. The van der Waals surface area contributed by atoms with E-state index in [1.165, 1.54) is 11.1 Å². The first kappa shape index (κ1) is 9.28. The van der Waals surface area contributed by atoms with Crippen LogP contribution in [0.4, 0.5) is 0 Å². The third kappa shape index (κ3) is 2.67.